The molecule has 0 saturated heterocycles. The molecule has 0 fully saturated rings. The van der Waals surface area contributed by atoms with Crippen LogP contribution in [0.3, 0.4) is 0 Å². The monoisotopic (exact) mass is 397 g/mol. The predicted octanol–water partition coefficient (Wildman–Crippen LogP) is 3.99. The van der Waals surface area contributed by atoms with Gasteiger partial charge in [-0.1, -0.05) is 30.3 Å². The molecule has 4 heterocycles. The Hall–Kier alpha value is -3.74. The second-order valence-corrected chi connectivity index (χ2v) is 7.41. The van der Waals surface area contributed by atoms with Gasteiger partial charge in [-0.3, -0.25) is 9.08 Å². The summed E-state index contributed by atoms with van der Waals surface area (Å²) < 4.78 is 6.40. The summed E-state index contributed by atoms with van der Waals surface area (Å²) in [5.41, 5.74) is 6.35. The van der Waals surface area contributed by atoms with Gasteiger partial charge < -0.3 is 9.56 Å². The molecule has 0 saturated carbocycles. The van der Waals surface area contributed by atoms with E-state index in [1.54, 1.807) is 0 Å². The number of aryl methyl sites for hydroxylation is 2. The Labute approximate surface area is 174 Å². The molecule has 150 valence electrons. The van der Waals surface area contributed by atoms with Crippen molar-refractivity contribution >= 4 is 23.4 Å². The highest BCUT2D eigenvalue weighted by atomic mass is 15.3. The van der Waals surface area contributed by atoms with Crippen molar-refractivity contribution in [3.05, 3.63) is 72.2 Å². The fraction of sp³-hybridized carbons (Fsp3) is 0.217. The summed E-state index contributed by atoms with van der Waals surface area (Å²) >= 11 is 0. The number of aliphatic imine (C=N–C) groups is 1. The zero-order valence-corrected chi connectivity index (χ0v) is 16.9. The van der Waals surface area contributed by atoms with Gasteiger partial charge in [0, 0.05) is 25.8 Å². The van der Waals surface area contributed by atoms with Crippen molar-refractivity contribution < 1.29 is 0 Å². The van der Waals surface area contributed by atoms with Crippen molar-refractivity contribution in [1.82, 2.24) is 28.9 Å². The molecule has 7 heteroatoms. The van der Waals surface area contributed by atoms with Crippen LogP contribution in [0.2, 0.25) is 0 Å². The Kier molecular flexibility index (Phi) is 4.63. The van der Waals surface area contributed by atoms with Crippen molar-refractivity contribution in [2.75, 3.05) is 6.54 Å². The molecule has 0 aliphatic carbocycles. The van der Waals surface area contributed by atoms with Crippen molar-refractivity contribution in [1.29, 1.82) is 0 Å². The molecule has 0 aliphatic heterocycles. The molecule has 30 heavy (non-hydrogen) atoms. The van der Waals surface area contributed by atoms with Gasteiger partial charge in [0.25, 0.3) is 0 Å². The van der Waals surface area contributed by atoms with E-state index in [-0.39, 0.29) is 0 Å². The zero-order chi connectivity index (χ0) is 20.5. The summed E-state index contributed by atoms with van der Waals surface area (Å²) in [6.07, 6.45) is 2.96. The van der Waals surface area contributed by atoms with E-state index in [2.05, 4.69) is 73.3 Å². The van der Waals surface area contributed by atoms with E-state index in [1.807, 2.05) is 29.9 Å². The smallest absolute Gasteiger partial charge is 0.161 e. The van der Waals surface area contributed by atoms with Gasteiger partial charge >= 0.3 is 0 Å². The number of pyridine rings is 1. The molecule has 0 aliphatic rings. The quantitative estimate of drug-likeness (QED) is 0.308. The number of fused-ring (bicyclic) bond motifs is 3. The fourth-order valence-corrected chi connectivity index (χ4v) is 3.96. The Morgan fingerprint density at radius 1 is 1.00 bits per heavy atom. The molecule has 4 aromatic heterocycles. The summed E-state index contributed by atoms with van der Waals surface area (Å²) in [4.78, 5) is 3.93. The first-order valence-electron chi connectivity index (χ1n) is 10.1. The van der Waals surface area contributed by atoms with Crippen LogP contribution >= 0.6 is 0 Å². The minimum absolute atomic E-state index is 0.744. The number of hydrogen-bond donors (Lipinski definition) is 0. The molecule has 0 atom stereocenters. The Morgan fingerprint density at radius 2 is 1.87 bits per heavy atom. The van der Waals surface area contributed by atoms with E-state index in [0.29, 0.717) is 0 Å². The summed E-state index contributed by atoms with van der Waals surface area (Å²) in [6.45, 7) is 7.87. The SMILES string of the molecule is C=NCCCn1ccc(-c2cc3c(ccc4nnc(C)n43)n2Cc2ccccc2)n1. The van der Waals surface area contributed by atoms with Crippen LogP contribution in [0.4, 0.5) is 0 Å². The van der Waals surface area contributed by atoms with E-state index < -0.39 is 0 Å². The van der Waals surface area contributed by atoms with Gasteiger partial charge in [0.1, 0.15) is 11.5 Å². The van der Waals surface area contributed by atoms with Gasteiger partial charge in [-0.15, -0.1) is 10.2 Å². The molecule has 5 aromatic rings. The van der Waals surface area contributed by atoms with E-state index >= 15 is 0 Å². The Bertz CT molecular complexity index is 1320. The highest BCUT2D eigenvalue weighted by molar-refractivity contribution is 5.86. The number of rotatable bonds is 7. The van der Waals surface area contributed by atoms with E-state index in [4.69, 9.17) is 5.10 Å². The van der Waals surface area contributed by atoms with Crippen LogP contribution in [0.15, 0.2) is 65.8 Å². The van der Waals surface area contributed by atoms with Crippen LogP contribution in [0, 0.1) is 6.92 Å². The summed E-state index contributed by atoms with van der Waals surface area (Å²) in [6, 6.07) is 18.9. The lowest BCUT2D eigenvalue weighted by Gasteiger charge is -2.10. The topological polar surface area (TPSA) is 65.3 Å². The third kappa shape index (κ3) is 3.18. The minimum atomic E-state index is 0.744. The molecule has 0 spiro atoms. The summed E-state index contributed by atoms with van der Waals surface area (Å²) in [5, 5.41) is 13.4. The maximum atomic E-state index is 4.83. The molecule has 5 rings (SSSR count). The molecule has 0 N–H and O–H groups in total. The summed E-state index contributed by atoms with van der Waals surface area (Å²) in [5.74, 6) is 0.876. The third-order valence-electron chi connectivity index (χ3n) is 5.39. The maximum Gasteiger partial charge on any atom is 0.161 e. The zero-order valence-electron chi connectivity index (χ0n) is 16.9. The number of aromatic nitrogens is 6. The number of nitrogens with zero attached hydrogens (tertiary/aromatic N) is 7. The van der Waals surface area contributed by atoms with Crippen LogP contribution in [0.5, 0.6) is 0 Å². The molecule has 1 aromatic carbocycles. The minimum Gasteiger partial charge on any atom is -0.333 e. The van der Waals surface area contributed by atoms with Gasteiger partial charge in [0.2, 0.25) is 0 Å². The highest BCUT2D eigenvalue weighted by Crippen LogP contribution is 2.29. The lowest BCUT2D eigenvalue weighted by molar-refractivity contribution is 0.587. The van der Waals surface area contributed by atoms with Gasteiger partial charge in [-0.05, 0) is 49.9 Å². The van der Waals surface area contributed by atoms with Gasteiger partial charge in [-0.2, -0.15) is 5.10 Å². The fourth-order valence-electron chi connectivity index (χ4n) is 3.96. The molecular formula is C23H23N7. The van der Waals surface area contributed by atoms with Crippen molar-refractivity contribution in [3.8, 4) is 11.4 Å². The maximum absolute atomic E-state index is 4.83. The molecule has 0 amide bonds. The lowest BCUT2D eigenvalue weighted by atomic mass is 10.2. The average Bonchev–Trinajstić information content (AvgIpc) is 3.47. The van der Waals surface area contributed by atoms with Crippen LogP contribution in [0.25, 0.3) is 28.1 Å². The van der Waals surface area contributed by atoms with Crippen molar-refractivity contribution in [3.63, 3.8) is 0 Å². The lowest BCUT2D eigenvalue weighted by Crippen LogP contribution is -2.04. The Balaban J connectivity index is 1.65. The average molecular weight is 397 g/mol. The molecule has 0 bridgehead atoms. The number of hydrogen-bond acceptors (Lipinski definition) is 4. The van der Waals surface area contributed by atoms with Crippen molar-refractivity contribution in [2.24, 2.45) is 4.99 Å². The Morgan fingerprint density at radius 3 is 2.70 bits per heavy atom. The van der Waals surface area contributed by atoms with Crippen LogP contribution in [-0.4, -0.2) is 42.2 Å². The van der Waals surface area contributed by atoms with Gasteiger partial charge in [-0.25, -0.2) is 0 Å². The predicted molar refractivity (Wildman–Crippen MR) is 119 cm³/mol. The number of benzene rings is 1. The third-order valence-corrected chi connectivity index (χ3v) is 5.39. The first-order valence-corrected chi connectivity index (χ1v) is 10.1. The first kappa shape index (κ1) is 18.3. The molecule has 0 unspecified atom stereocenters. The van der Waals surface area contributed by atoms with Gasteiger partial charge in [0.05, 0.1) is 16.7 Å². The van der Waals surface area contributed by atoms with E-state index in [0.717, 1.165) is 59.9 Å². The van der Waals surface area contributed by atoms with Gasteiger partial charge in [0.15, 0.2) is 5.65 Å². The molecular weight excluding hydrogens is 374 g/mol. The molecule has 7 nitrogen and oxygen atoms in total. The van der Waals surface area contributed by atoms with Crippen LogP contribution in [0.1, 0.15) is 17.8 Å². The van der Waals surface area contributed by atoms with Crippen LogP contribution in [-0.2, 0) is 13.1 Å². The first-order chi connectivity index (χ1) is 14.7. The summed E-state index contributed by atoms with van der Waals surface area (Å²) in [7, 11) is 0. The molecule has 0 radical (unpaired) electrons. The van der Waals surface area contributed by atoms with E-state index in [9.17, 15) is 0 Å². The second-order valence-electron chi connectivity index (χ2n) is 7.41. The highest BCUT2D eigenvalue weighted by Gasteiger charge is 2.17. The largest absolute Gasteiger partial charge is 0.333 e. The second kappa shape index (κ2) is 7.59. The standard InChI is InChI=1S/C23H23N7/c1-17-25-26-23-10-9-20-22(30(17)23)15-21(29(20)16-18-7-4-3-5-8-18)19-11-14-28(27-19)13-6-12-24-2/h3-5,7-11,14-15H,2,6,12-13,16H2,1H3. The van der Waals surface area contributed by atoms with Crippen LogP contribution < -0.4 is 0 Å². The normalized spacial score (nSPS) is 11.5. The van der Waals surface area contributed by atoms with E-state index in [1.165, 1.54) is 5.56 Å². The van der Waals surface area contributed by atoms with Crippen molar-refractivity contribution in [2.45, 2.75) is 26.4 Å².